The predicted molar refractivity (Wildman–Crippen MR) is 49.2 cm³/mol. The number of hydrogen-bond donors (Lipinski definition) is 3. The number of halogens is 1. The van der Waals surface area contributed by atoms with Gasteiger partial charge in [-0.2, -0.15) is 4.39 Å². The first-order valence-corrected chi connectivity index (χ1v) is 4.22. The Morgan fingerprint density at radius 3 is 2.43 bits per heavy atom. The highest BCUT2D eigenvalue weighted by molar-refractivity contribution is 5.74. The van der Waals surface area contributed by atoms with Crippen molar-refractivity contribution in [1.82, 2.24) is 9.97 Å². The van der Waals surface area contributed by atoms with Crippen molar-refractivity contribution < 1.29 is 14.3 Å². The van der Waals surface area contributed by atoms with E-state index in [-0.39, 0.29) is 5.69 Å². The Labute approximate surface area is 81.2 Å². The van der Waals surface area contributed by atoms with Crippen LogP contribution in [0.5, 0.6) is 0 Å². The van der Waals surface area contributed by atoms with Gasteiger partial charge < -0.3 is 15.8 Å². The fourth-order valence-electron chi connectivity index (χ4n) is 0.856. The summed E-state index contributed by atoms with van der Waals surface area (Å²) in [7, 11) is 0. The van der Waals surface area contributed by atoms with Crippen LogP contribution >= 0.6 is 0 Å². The van der Waals surface area contributed by atoms with Gasteiger partial charge in [-0.3, -0.25) is 4.79 Å². The van der Waals surface area contributed by atoms with Crippen molar-refractivity contribution in [2.45, 2.75) is 26.8 Å². The molecular formula is C8H14FN3O2. The van der Waals surface area contributed by atoms with Crippen molar-refractivity contribution in [3.05, 3.63) is 17.5 Å². The summed E-state index contributed by atoms with van der Waals surface area (Å²) >= 11 is 0. The Kier molecular flexibility index (Phi) is 4.79. The molecule has 0 bridgehead atoms. The smallest absolute Gasteiger partial charge is 0.326 e. The molecule has 1 aromatic heterocycles. The predicted octanol–water partition coefficient (Wildman–Crippen LogP) is 0.968. The first-order chi connectivity index (χ1) is 6.52. The van der Waals surface area contributed by atoms with Gasteiger partial charge in [-0.1, -0.05) is 13.8 Å². The molecule has 0 saturated heterocycles. The van der Waals surface area contributed by atoms with Gasteiger partial charge in [0, 0.05) is 5.69 Å². The van der Waals surface area contributed by atoms with E-state index in [0.29, 0.717) is 5.69 Å². The second-order valence-corrected chi connectivity index (χ2v) is 2.35. The molecule has 0 aliphatic heterocycles. The molecule has 0 amide bonds. The van der Waals surface area contributed by atoms with Crippen LogP contribution < -0.4 is 5.73 Å². The molecule has 14 heavy (non-hydrogen) atoms. The number of aliphatic carboxylic acids is 1. The molecule has 0 fully saturated rings. The summed E-state index contributed by atoms with van der Waals surface area (Å²) in [6.45, 7) is 5.51. The van der Waals surface area contributed by atoms with E-state index in [2.05, 4.69) is 9.97 Å². The van der Waals surface area contributed by atoms with Crippen LogP contribution in [0.4, 0.5) is 4.39 Å². The molecule has 0 radical (unpaired) electrons. The molecule has 0 spiro atoms. The minimum atomic E-state index is -1.27. The molecule has 1 rings (SSSR count). The van der Waals surface area contributed by atoms with Crippen LogP contribution in [0.3, 0.4) is 0 Å². The summed E-state index contributed by atoms with van der Waals surface area (Å²) in [5.74, 6) is -1.23. The summed E-state index contributed by atoms with van der Waals surface area (Å²) in [4.78, 5) is 15.9. The van der Waals surface area contributed by atoms with Crippen LogP contribution in [0.1, 0.15) is 31.3 Å². The maximum Gasteiger partial charge on any atom is 0.326 e. The summed E-state index contributed by atoms with van der Waals surface area (Å²) in [6, 6.07) is -1.27. The standard InChI is InChI=1S/C6H8FN3O2.C2H6/c1-2-4(3(8)5(11)12)10-6(7)9-2;1-2/h3H,8H2,1H3,(H,9,10)(H,11,12);1-2H3. The van der Waals surface area contributed by atoms with Crippen molar-refractivity contribution in [3.63, 3.8) is 0 Å². The lowest BCUT2D eigenvalue weighted by atomic mass is 10.2. The van der Waals surface area contributed by atoms with Gasteiger partial charge in [0.25, 0.3) is 6.08 Å². The van der Waals surface area contributed by atoms with Gasteiger partial charge in [0.1, 0.15) is 6.04 Å². The molecule has 0 saturated carbocycles. The lowest BCUT2D eigenvalue weighted by Gasteiger charge is -2.01. The van der Waals surface area contributed by atoms with Gasteiger partial charge in [-0.25, -0.2) is 4.98 Å². The second-order valence-electron chi connectivity index (χ2n) is 2.35. The first-order valence-electron chi connectivity index (χ1n) is 4.22. The fourth-order valence-corrected chi connectivity index (χ4v) is 0.856. The van der Waals surface area contributed by atoms with Crippen molar-refractivity contribution >= 4 is 5.97 Å². The van der Waals surface area contributed by atoms with Crippen LogP contribution in [0.2, 0.25) is 0 Å². The number of aromatic nitrogens is 2. The SMILES string of the molecule is CC.Cc1[nH]c(F)nc1C(N)C(=O)O. The fraction of sp³-hybridized carbons (Fsp3) is 0.500. The summed E-state index contributed by atoms with van der Waals surface area (Å²) < 4.78 is 12.4. The van der Waals surface area contributed by atoms with E-state index in [0.717, 1.165) is 0 Å². The Balaban J connectivity index is 0.000000791. The van der Waals surface area contributed by atoms with Crippen LogP contribution in [0, 0.1) is 13.0 Å². The third kappa shape index (κ3) is 2.81. The molecule has 80 valence electrons. The average molecular weight is 203 g/mol. The summed E-state index contributed by atoms with van der Waals surface area (Å²) in [6.07, 6.45) is -0.820. The van der Waals surface area contributed by atoms with E-state index in [1.54, 1.807) is 0 Å². The highest BCUT2D eigenvalue weighted by Crippen LogP contribution is 2.11. The van der Waals surface area contributed by atoms with Crippen LogP contribution in [0.25, 0.3) is 0 Å². The monoisotopic (exact) mass is 203 g/mol. The zero-order valence-electron chi connectivity index (χ0n) is 8.34. The lowest BCUT2D eigenvalue weighted by Crippen LogP contribution is -2.21. The lowest BCUT2D eigenvalue weighted by molar-refractivity contribution is -0.138. The summed E-state index contributed by atoms with van der Waals surface area (Å²) in [5.41, 5.74) is 5.57. The van der Waals surface area contributed by atoms with E-state index < -0.39 is 18.1 Å². The Bertz CT molecular complexity index is 312. The molecule has 0 aliphatic rings. The number of H-pyrrole nitrogens is 1. The van der Waals surface area contributed by atoms with E-state index >= 15 is 0 Å². The molecule has 4 N–H and O–H groups in total. The van der Waals surface area contributed by atoms with Crippen molar-refractivity contribution in [1.29, 1.82) is 0 Å². The number of carbonyl (C=O) groups is 1. The van der Waals surface area contributed by atoms with E-state index in [1.165, 1.54) is 6.92 Å². The number of aromatic amines is 1. The van der Waals surface area contributed by atoms with E-state index in [4.69, 9.17) is 10.8 Å². The van der Waals surface area contributed by atoms with Gasteiger partial charge in [-0.15, -0.1) is 0 Å². The van der Waals surface area contributed by atoms with Crippen molar-refractivity contribution in [2.75, 3.05) is 0 Å². The number of nitrogens with two attached hydrogens (primary N) is 1. The zero-order chi connectivity index (χ0) is 11.3. The van der Waals surface area contributed by atoms with Gasteiger partial charge >= 0.3 is 5.97 Å². The van der Waals surface area contributed by atoms with Gasteiger partial charge in [0.05, 0.1) is 5.69 Å². The first kappa shape index (κ1) is 12.6. The number of carboxylic acids is 1. The number of carboxylic acid groups (broad SMARTS) is 1. The molecular weight excluding hydrogens is 189 g/mol. The molecule has 0 aliphatic carbocycles. The highest BCUT2D eigenvalue weighted by Gasteiger charge is 2.20. The van der Waals surface area contributed by atoms with E-state index in [1.807, 2.05) is 13.8 Å². The third-order valence-corrected chi connectivity index (χ3v) is 1.45. The number of aryl methyl sites for hydroxylation is 1. The normalized spacial score (nSPS) is 11.5. The number of nitrogens with zero attached hydrogens (tertiary/aromatic N) is 1. The Hall–Kier alpha value is -1.43. The van der Waals surface area contributed by atoms with Gasteiger partial charge in [-0.05, 0) is 6.92 Å². The number of imidazole rings is 1. The van der Waals surface area contributed by atoms with Crippen LogP contribution in [0.15, 0.2) is 0 Å². The molecule has 0 aromatic carbocycles. The molecule has 1 heterocycles. The topological polar surface area (TPSA) is 92.0 Å². The molecule has 1 unspecified atom stereocenters. The molecule has 5 nitrogen and oxygen atoms in total. The van der Waals surface area contributed by atoms with Gasteiger partial charge in [0.2, 0.25) is 0 Å². The average Bonchev–Trinajstić information content (AvgIpc) is 2.47. The molecule has 1 atom stereocenters. The maximum absolute atomic E-state index is 12.4. The quantitative estimate of drug-likeness (QED) is 0.667. The minimum Gasteiger partial charge on any atom is -0.480 e. The van der Waals surface area contributed by atoms with Crippen molar-refractivity contribution in [3.8, 4) is 0 Å². The van der Waals surface area contributed by atoms with Crippen LogP contribution in [-0.2, 0) is 4.79 Å². The third-order valence-electron chi connectivity index (χ3n) is 1.45. The van der Waals surface area contributed by atoms with E-state index in [9.17, 15) is 9.18 Å². The Morgan fingerprint density at radius 2 is 2.14 bits per heavy atom. The van der Waals surface area contributed by atoms with Gasteiger partial charge in [0.15, 0.2) is 0 Å². The van der Waals surface area contributed by atoms with Crippen molar-refractivity contribution in [2.24, 2.45) is 5.73 Å². The van der Waals surface area contributed by atoms with Crippen LogP contribution in [-0.4, -0.2) is 21.0 Å². The summed E-state index contributed by atoms with van der Waals surface area (Å²) in [5, 5.41) is 8.47. The minimum absolute atomic E-state index is 0.0278. The Morgan fingerprint density at radius 1 is 1.64 bits per heavy atom. The number of hydrogen-bond acceptors (Lipinski definition) is 3. The maximum atomic E-state index is 12.4. The largest absolute Gasteiger partial charge is 0.480 e. The highest BCUT2D eigenvalue weighted by atomic mass is 19.1. The number of rotatable bonds is 2. The second kappa shape index (κ2) is 5.33. The zero-order valence-corrected chi connectivity index (χ0v) is 8.34. The molecule has 6 heteroatoms. The number of nitrogens with one attached hydrogen (secondary N) is 1. The molecule has 1 aromatic rings.